The van der Waals surface area contributed by atoms with Crippen molar-refractivity contribution in [3.05, 3.63) is 46.3 Å². The van der Waals surface area contributed by atoms with Crippen LogP contribution in [0.5, 0.6) is 0 Å². The van der Waals surface area contributed by atoms with Crippen LogP contribution in [-0.2, 0) is 13.1 Å². The van der Waals surface area contributed by atoms with Gasteiger partial charge in [0, 0.05) is 36.7 Å². The second kappa shape index (κ2) is 7.09. The van der Waals surface area contributed by atoms with Gasteiger partial charge in [-0.2, -0.15) is 0 Å². The maximum atomic E-state index is 13.4. The van der Waals surface area contributed by atoms with Crippen molar-refractivity contribution in [1.82, 2.24) is 19.2 Å². The standard InChI is InChI=1S/C20H24FN5O2/c21-15-2-3-16-17(13-28-18(16)12-15)14-4-8-24(9-5-14)10-11-26-20(27)25-7-1-6-22-19(25)23-26/h2-3,12-14H,1,4-11H2,(H,22,23). The van der Waals surface area contributed by atoms with E-state index in [2.05, 4.69) is 15.3 Å². The van der Waals surface area contributed by atoms with Crippen molar-refractivity contribution in [1.29, 1.82) is 0 Å². The smallest absolute Gasteiger partial charge is 0.347 e. The van der Waals surface area contributed by atoms with Gasteiger partial charge in [-0.05, 0) is 50.4 Å². The lowest BCUT2D eigenvalue weighted by Gasteiger charge is -2.31. The predicted octanol–water partition coefficient (Wildman–Crippen LogP) is 2.63. The summed E-state index contributed by atoms with van der Waals surface area (Å²) < 4.78 is 22.2. The number of halogens is 1. The number of anilines is 1. The van der Waals surface area contributed by atoms with Gasteiger partial charge >= 0.3 is 5.69 Å². The molecule has 0 unspecified atom stereocenters. The number of furan rings is 1. The van der Waals surface area contributed by atoms with Gasteiger partial charge < -0.3 is 14.6 Å². The minimum atomic E-state index is -0.269. The van der Waals surface area contributed by atoms with Crippen LogP contribution < -0.4 is 11.0 Å². The maximum absolute atomic E-state index is 13.4. The fourth-order valence-electron chi connectivity index (χ4n) is 4.40. The van der Waals surface area contributed by atoms with E-state index in [4.69, 9.17) is 4.42 Å². The third-order valence-electron chi connectivity index (χ3n) is 5.99. The van der Waals surface area contributed by atoms with E-state index < -0.39 is 0 Å². The first-order chi connectivity index (χ1) is 13.7. The number of nitrogens with zero attached hydrogens (tertiary/aromatic N) is 4. The zero-order valence-corrected chi connectivity index (χ0v) is 15.7. The second-order valence-electron chi connectivity index (χ2n) is 7.71. The number of hydrogen-bond acceptors (Lipinski definition) is 5. The number of likely N-dealkylation sites (tertiary alicyclic amines) is 1. The predicted molar refractivity (Wildman–Crippen MR) is 104 cm³/mol. The molecule has 1 aromatic carbocycles. The number of nitrogens with one attached hydrogen (secondary N) is 1. The molecule has 2 aliphatic rings. The number of fused-ring (bicyclic) bond motifs is 2. The topological polar surface area (TPSA) is 68.2 Å². The monoisotopic (exact) mass is 385 g/mol. The third kappa shape index (κ3) is 3.11. The minimum Gasteiger partial charge on any atom is -0.464 e. The summed E-state index contributed by atoms with van der Waals surface area (Å²) in [5, 5.41) is 8.62. The summed E-state index contributed by atoms with van der Waals surface area (Å²) in [6.45, 7) is 4.99. The largest absolute Gasteiger partial charge is 0.464 e. The Labute approximate surface area is 161 Å². The fourth-order valence-corrected chi connectivity index (χ4v) is 4.40. The molecule has 148 valence electrons. The lowest BCUT2D eigenvalue weighted by Crippen LogP contribution is -2.37. The summed E-state index contributed by atoms with van der Waals surface area (Å²) in [7, 11) is 0. The molecule has 5 rings (SSSR count). The quantitative estimate of drug-likeness (QED) is 0.748. The Morgan fingerprint density at radius 3 is 2.89 bits per heavy atom. The Morgan fingerprint density at radius 1 is 1.21 bits per heavy atom. The van der Waals surface area contributed by atoms with Gasteiger partial charge in [0.05, 0.1) is 12.8 Å². The van der Waals surface area contributed by atoms with Crippen LogP contribution in [0, 0.1) is 5.82 Å². The number of hydrogen-bond donors (Lipinski definition) is 1. The highest BCUT2D eigenvalue weighted by molar-refractivity contribution is 5.81. The first-order valence-electron chi connectivity index (χ1n) is 9.99. The Bertz CT molecular complexity index is 1040. The Hall–Kier alpha value is -2.61. The summed E-state index contributed by atoms with van der Waals surface area (Å²) in [5.41, 5.74) is 1.78. The summed E-state index contributed by atoms with van der Waals surface area (Å²) in [5.74, 6) is 0.850. The van der Waals surface area contributed by atoms with E-state index in [0.717, 1.165) is 57.4 Å². The van der Waals surface area contributed by atoms with Gasteiger partial charge in [-0.3, -0.25) is 4.57 Å². The van der Waals surface area contributed by atoms with Crippen LogP contribution in [-0.4, -0.2) is 45.4 Å². The summed E-state index contributed by atoms with van der Waals surface area (Å²) in [6.07, 6.45) is 4.80. The molecule has 28 heavy (non-hydrogen) atoms. The van der Waals surface area contributed by atoms with Crippen molar-refractivity contribution >= 4 is 16.9 Å². The van der Waals surface area contributed by atoms with Crippen LogP contribution in [0.3, 0.4) is 0 Å². The fraction of sp³-hybridized carbons (Fsp3) is 0.500. The van der Waals surface area contributed by atoms with Crippen LogP contribution >= 0.6 is 0 Å². The van der Waals surface area contributed by atoms with Crippen LogP contribution in [0.15, 0.2) is 33.7 Å². The molecule has 1 N–H and O–H groups in total. The van der Waals surface area contributed by atoms with Gasteiger partial charge in [0.15, 0.2) is 0 Å². The van der Waals surface area contributed by atoms with E-state index in [1.54, 1.807) is 15.5 Å². The molecule has 8 heteroatoms. The number of benzene rings is 1. The van der Waals surface area contributed by atoms with Crippen molar-refractivity contribution < 1.29 is 8.81 Å². The zero-order valence-electron chi connectivity index (χ0n) is 15.7. The van der Waals surface area contributed by atoms with Gasteiger partial charge in [0.2, 0.25) is 5.95 Å². The number of rotatable bonds is 4. The van der Waals surface area contributed by atoms with E-state index in [-0.39, 0.29) is 11.5 Å². The molecule has 0 spiro atoms. The van der Waals surface area contributed by atoms with Gasteiger partial charge in [-0.25, -0.2) is 13.9 Å². The molecular weight excluding hydrogens is 361 g/mol. The summed E-state index contributed by atoms with van der Waals surface area (Å²) in [4.78, 5) is 14.8. The first kappa shape index (κ1) is 17.5. The zero-order chi connectivity index (χ0) is 19.1. The summed E-state index contributed by atoms with van der Waals surface area (Å²) in [6, 6.07) is 4.76. The first-order valence-corrected chi connectivity index (χ1v) is 9.99. The molecule has 0 bridgehead atoms. The van der Waals surface area contributed by atoms with Crippen molar-refractivity contribution in [2.45, 2.75) is 38.3 Å². The van der Waals surface area contributed by atoms with Crippen molar-refractivity contribution in [2.75, 3.05) is 31.5 Å². The van der Waals surface area contributed by atoms with E-state index >= 15 is 0 Å². The average Bonchev–Trinajstić information content (AvgIpc) is 3.28. The van der Waals surface area contributed by atoms with E-state index in [0.29, 0.717) is 24.0 Å². The average molecular weight is 385 g/mol. The van der Waals surface area contributed by atoms with Crippen LogP contribution in [0.25, 0.3) is 11.0 Å². The van der Waals surface area contributed by atoms with Gasteiger partial charge in [0.1, 0.15) is 11.4 Å². The van der Waals surface area contributed by atoms with Crippen LogP contribution in [0.2, 0.25) is 0 Å². The highest BCUT2D eigenvalue weighted by atomic mass is 19.1. The molecule has 2 aliphatic heterocycles. The molecule has 2 aromatic heterocycles. The van der Waals surface area contributed by atoms with Crippen molar-refractivity contribution in [2.24, 2.45) is 0 Å². The second-order valence-corrected chi connectivity index (χ2v) is 7.71. The Kier molecular flexibility index (Phi) is 4.43. The van der Waals surface area contributed by atoms with Crippen molar-refractivity contribution in [3.8, 4) is 0 Å². The van der Waals surface area contributed by atoms with E-state index in [9.17, 15) is 9.18 Å². The molecule has 4 heterocycles. The van der Waals surface area contributed by atoms with Gasteiger partial charge in [0.25, 0.3) is 0 Å². The van der Waals surface area contributed by atoms with Crippen molar-refractivity contribution in [3.63, 3.8) is 0 Å². The molecule has 0 atom stereocenters. The molecule has 0 amide bonds. The molecule has 0 saturated carbocycles. The third-order valence-corrected chi connectivity index (χ3v) is 5.99. The molecule has 0 radical (unpaired) electrons. The molecule has 0 aliphatic carbocycles. The molecule has 7 nitrogen and oxygen atoms in total. The Morgan fingerprint density at radius 2 is 2.07 bits per heavy atom. The molecule has 1 saturated heterocycles. The van der Waals surface area contributed by atoms with Crippen LogP contribution in [0.4, 0.5) is 10.3 Å². The normalized spacial score (nSPS) is 18.3. The van der Waals surface area contributed by atoms with E-state index in [1.807, 2.05) is 6.07 Å². The van der Waals surface area contributed by atoms with Gasteiger partial charge in [-0.15, -0.1) is 5.10 Å². The van der Waals surface area contributed by atoms with Crippen LogP contribution in [0.1, 0.15) is 30.7 Å². The minimum absolute atomic E-state index is 0.0193. The highest BCUT2D eigenvalue weighted by Crippen LogP contribution is 2.34. The lowest BCUT2D eigenvalue weighted by atomic mass is 9.89. The molecular formula is C20H24FN5O2. The van der Waals surface area contributed by atoms with Gasteiger partial charge in [-0.1, -0.05) is 0 Å². The molecule has 3 aromatic rings. The SMILES string of the molecule is O=c1n(CCN2CCC(c3coc4cc(F)ccc34)CC2)nc2n1CCCN2. The Balaban J connectivity index is 1.21. The summed E-state index contributed by atoms with van der Waals surface area (Å²) >= 11 is 0. The number of aromatic nitrogens is 3. The van der Waals surface area contributed by atoms with E-state index in [1.165, 1.54) is 17.7 Å². The highest BCUT2D eigenvalue weighted by Gasteiger charge is 2.24. The number of piperidine rings is 1. The molecule has 1 fully saturated rings. The maximum Gasteiger partial charge on any atom is 0.347 e. The lowest BCUT2D eigenvalue weighted by molar-refractivity contribution is 0.202.